The summed E-state index contributed by atoms with van der Waals surface area (Å²) in [7, 11) is 0. The van der Waals surface area contributed by atoms with Crippen molar-refractivity contribution in [2.45, 2.75) is 25.3 Å². The third-order valence-corrected chi connectivity index (χ3v) is 4.94. The van der Waals surface area contributed by atoms with Crippen LogP contribution in [0.25, 0.3) is 0 Å². The number of nitriles is 1. The van der Waals surface area contributed by atoms with Gasteiger partial charge in [0, 0.05) is 4.47 Å². The van der Waals surface area contributed by atoms with Gasteiger partial charge in [-0.2, -0.15) is 5.26 Å². The average molecular weight is 349 g/mol. The van der Waals surface area contributed by atoms with E-state index in [-0.39, 0.29) is 6.04 Å². The SMILES string of the molecule is N#Cc1nnc(NC(c2ccc(Br)cc2)C2CCC2)s1. The lowest BCUT2D eigenvalue weighted by Crippen LogP contribution is -2.26. The fourth-order valence-electron chi connectivity index (χ4n) is 2.38. The fraction of sp³-hybridized carbons (Fsp3) is 0.357. The second-order valence-electron chi connectivity index (χ2n) is 4.89. The highest BCUT2D eigenvalue weighted by atomic mass is 79.9. The van der Waals surface area contributed by atoms with Crippen LogP contribution in [0.2, 0.25) is 0 Å². The molecule has 6 heteroatoms. The van der Waals surface area contributed by atoms with E-state index in [1.165, 1.54) is 36.2 Å². The summed E-state index contributed by atoms with van der Waals surface area (Å²) in [4.78, 5) is 0. The predicted octanol–water partition coefficient (Wildman–Crippen LogP) is 4.13. The second-order valence-corrected chi connectivity index (χ2v) is 6.78. The van der Waals surface area contributed by atoms with Gasteiger partial charge < -0.3 is 5.32 Å². The van der Waals surface area contributed by atoms with Crippen LogP contribution in [0.5, 0.6) is 0 Å². The molecule has 20 heavy (non-hydrogen) atoms. The normalized spacial score (nSPS) is 16.2. The minimum atomic E-state index is 0.247. The zero-order chi connectivity index (χ0) is 13.9. The van der Waals surface area contributed by atoms with Gasteiger partial charge in [-0.15, -0.1) is 10.2 Å². The van der Waals surface area contributed by atoms with Gasteiger partial charge in [0.2, 0.25) is 10.1 Å². The van der Waals surface area contributed by atoms with Gasteiger partial charge in [-0.25, -0.2) is 0 Å². The molecule has 3 rings (SSSR count). The quantitative estimate of drug-likeness (QED) is 0.902. The molecule has 1 saturated carbocycles. The number of benzene rings is 1. The van der Waals surface area contributed by atoms with Gasteiger partial charge in [-0.1, -0.05) is 45.8 Å². The molecule has 1 N–H and O–H groups in total. The van der Waals surface area contributed by atoms with Gasteiger partial charge >= 0.3 is 0 Å². The van der Waals surface area contributed by atoms with Crippen LogP contribution < -0.4 is 5.32 Å². The molecule has 1 atom stereocenters. The molecule has 1 aromatic carbocycles. The Morgan fingerprint density at radius 3 is 2.60 bits per heavy atom. The first-order chi connectivity index (χ1) is 9.76. The number of hydrogen-bond donors (Lipinski definition) is 1. The van der Waals surface area contributed by atoms with Crippen LogP contribution in [0.15, 0.2) is 28.7 Å². The molecule has 2 aromatic rings. The van der Waals surface area contributed by atoms with Crippen molar-refractivity contribution in [3.63, 3.8) is 0 Å². The Bertz CT molecular complexity index is 627. The van der Waals surface area contributed by atoms with Gasteiger partial charge in [-0.05, 0) is 36.5 Å². The van der Waals surface area contributed by atoms with Crippen LogP contribution in [-0.4, -0.2) is 10.2 Å². The lowest BCUT2D eigenvalue weighted by atomic mass is 9.77. The Kier molecular flexibility index (Phi) is 3.99. The van der Waals surface area contributed by atoms with Crippen LogP contribution in [0, 0.1) is 17.2 Å². The van der Waals surface area contributed by atoms with Crippen LogP contribution >= 0.6 is 27.3 Å². The molecule has 4 nitrogen and oxygen atoms in total. The Hall–Kier alpha value is -1.45. The van der Waals surface area contributed by atoms with Crippen LogP contribution in [0.4, 0.5) is 5.13 Å². The smallest absolute Gasteiger partial charge is 0.219 e. The minimum absolute atomic E-state index is 0.247. The predicted molar refractivity (Wildman–Crippen MR) is 82.5 cm³/mol. The largest absolute Gasteiger partial charge is 0.353 e. The zero-order valence-electron chi connectivity index (χ0n) is 10.7. The molecule has 0 amide bonds. The average Bonchev–Trinajstić information content (AvgIpc) is 2.85. The van der Waals surface area contributed by atoms with Gasteiger partial charge in [-0.3, -0.25) is 0 Å². The van der Waals surface area contributed by atoms with Crippen LogP contribution in [-0.2, 0) is 0 Å². The number of rotatable bonds is 4. The number of nitrogens with one attached hydrogen (secondary N) is 1. The van der Waals surface area contributed by atoms with Crippen molar-refractivity contribution in [1.29, 1.82) is 5.26 Å². The summed E-state index contributed by atoms with van der Waals surface area (Å²) in [6.07, 6.45) is 3.76. The maximum atomic E-state index is 8.82. The molecule has 0 saturated heterocycles. The van der Waals surface area contributed by atoms with Crippen molar-refractivity contribution in [3.8, 4) is 6.07 Å². The first kappa shape index (κ1) is 13.5. The third-order valence-electron chi connectivity index (χ3n) is 3.65. The number of anilines is 1. The van der Waals surface area contributed by atoms with E-state index in [1.54, 1.807) is 0 Å². The molecule has 1 fully saturated rings. The van der Waals surface area contributed by atoms with E-state index in [0.29, 0.717) is 10.9 Å². The molecule has 1 aliphatic rings. The van der Waals surface area contributed by atoms with Crippen molar-refractivity contribution >= 4 is 32.4 Å². The Balaban J connectivity index is 1.82. The van der Waals surface area contributed by atoms with Gasteiger partial charge in [0.25, 0.3) is 0 Å². The molecule has 1 aromatic heterocycles. The standard InChI is InChI=1S/C14H13BrN4S/c15-11-6-4-10(5-7-11)13(9-2-1-3-9)17-14-19-18-12(8-16)20-14/h4-7,9,13H,1-3H2,(H,17,19). The van der Waals surface area contributed by atoms with Crippen molar-refractivity contribution in [2.24, 2.45) is 5.92 Å². The monoisotopic (exact) mass is 348 g/mol. The maximum Gasteiger partial charge on any atom is 0.219 e. The van der Waals surface area contributed by atoms with E-state index in [2.05, 4.69) is 55.7 Å². The van der Waals surface area contributed by atoms with Gasteiger partial charge in [0.05, 0.1) is 6.04 Å². The summed E-state index contributed by atoms with van der Waals surface area (Å²) in [6, 6.07) is 10.7. The second kappa shape index (κ2) is 5.90. The summed E-state index contributed by atoms with van der Waals surface area (Å²) in [5, 5.41) is 21.3. The highest BCUT2D eigenvalue weighted by molar-refractivity contribution is 9.10. The van der Waals surface area contributed by atoms with Gasteiger partial charge in [0.15, 0.2) is 0 Å². The van der Waals surface area contributed by atoms with Crippen molar-refractivity contribution < 1.29 is 0 Å². The Labute approximate surface area is 130 Å². The molecule has 1 heterocycles. The third kappa shape index (κ3) is 2.84. The molecule has 0 spiro atoms. The van der Waals surface area contributed by atoms with E-state index >= 15 is 0 Å². The maximum absolute atomic E-state index is 8.82. The van der Waals surface area contributed by atoms with E-state index in [1.807, 2.05) is 6.07 Å². The number of halogens is 1. The van der Waals surface area contributed by atoms with E-state index < -0.39 is 0 Å². The summed E-state index contributed by atoms with van der Waals surface area (Å²) in [5.41, 5.74) is 1.26. The van der Waals surface area contributed by atoms with Crippen molar-refractivity contribution in [3.05, 3.63) is 39.3 Å². The first-order valence-electron chi connectivity index (χ1n) is 6.52. The molecular formula is C14H13BrN4S. The molecule has 1 aliphatic carbocycles. The Morgan fingerprint density at radius 2 is 2.05 bits per heavy atom. The summed E-state index contributed by atoms with van der Waals surface area (Å²) in [5.74, 6) is 0.630. The zero-order valence-corrected chi connectivity index (χ0v) is 13.1. The molecule has 0 bridgehead atoms. The minimum Gasteiger partial charge on any atom is -0.353 e. The van der Waals surface area contributed by atoms with Crippen molar-refractivity contribution in [1.82, 2.24) is 10.2 Å². The lowest BCUT2D eigenvalue weighted by Gasteiger charge is -2.34. The highest BCUT2D eigenvalue weighted by Gasteiger charge is 2.29. The summed E-state index contributed by atoms with van der Waals surface area (Å²) in [6.45, 7) is 0. The topological polar surface area (TPSA) is 61.6 Å². The molecule has 1 unspecified atom stereocenters. The first-order valence-corrected chi connectivity index (χ1v) is 8.13. The van der Waals surface area contributed by atoms with E-state index in [0.717, 1.165) is 9.60 Å². The van der Waals surface area contributed by atoms with E-state index in [4.69, 9.17) is 5.26 Å². The number of hydrogen-bond acceptors (Lipinski definition) is 5. The molecule has 0 radical (unpaired) electrons. The molecule has 102 valence electrons. The van der Waals surface area contributed by atoms with E-state index in [9.17, 15) is 0 Å². The molecule has 0 aliphatic heterocycles. The van der Waals surface area contributed by atoms with Gasteiger partial charge in [0.1, 0.15) is 6.07 Å². The lowest BCUT2D eigenvalue weighted by molar-refractivity contribution is 0.277. The number of nitrogens with zero attached hydrogens (tertiary/aromatic N) is 3. The van der Waals surface area contributed by atoms with Crippen LogP contribution in [0.1, 0.15) is 35.9 Å². The highest BCUT2D eigenvalue weighted by Crippen LogP contribution is 2.40. The fourth-order valence-corrected chi connectivity index (χ4v) is 3.22. The number of aromatic nitrogens is 2. The Morgan fingerprint density at radius 1 is 1.30 bits per heavy atom. The molecular weight excluding hydrogens is 336 g/mol. The summed E-state index contributed by atoms with van der Waals surface area (Å²) >= 11 is 4.77. The summed E-state index contributed by atoms with van der Waals surface area (Å²) < 4.78 is 1.08. The van der Waals surface area contributed by atoms with Crippen molar-refractivity contribution in [2.75, 3.05) is 5.32 Å². The van der Waals surface area contributed by atoms with Crippen LogP contribution in [0.3, 0.4) is 0 Å².